The monoisotopic (exact) mass is 480 g/mol. The molecule has 2 aromatic carbocycles. The van der Waals surface area contributed by atoms with Gasteiger partial charge >= 0.3 is 6.03 Å². The number of hydrogen-bond donors (Lipinski definition) is 2. The van der Waals surface area contributed by atoms with Gasteiger partial charge in [0, 0.05) is 22.7 Å². The van der Waals surface area contributed by atoms with E-state index in [9.17, 15) is 9.90 Å². The number of phenolic OH excluding ortho intramolecular Hbond substituents is 1. The van der Waals surface area contributed by atoms with E-state index < -0.39 is 6.04 Å². The van der Waals surface area contributed by atoms with E-state index in [2.05, 4.69) is 29.3 Å². The van der Waals surface area contributed by atoms with Crippen LogP contribution < -0.4 is 10.1 Å². The molecule has 1 atom stereocenters. The smallest absolute Gasteiger partial charge is 0.322 e. The van der Waals surface area contributed by atoms with Gasteiger partial charge in [-0.05, 0) is 61.1 Å². The lowest BCUT2D eigenvalue weighted by atomic mass is 9.94. The van der Waals surface area contributed by atoms with Crippen LogP contribution in [0.4, 0.5) is 4.79 Å². The molecule has 1 unspecified atom stereocenters. The van der Waals surface area contributed by atoms with Crippen LogP contribution >= 0.6 is 11.8 Å². The number of ether oxygens (including phenoxy) is 1. The van der Waals surface area contributed by atoms with Gasteiger partial charge < -0.3 is 19.7 Å². The summed E-state index contributed by atoms with van der Waals surface area (Å²) < 4.78 is 10.9. The SMILES string of the molecule is COc1ccc(C2NC(=O)N(CC(C)C)C(C)=C2c2nc(-c3ccc(SC)cc3)no2)cc1O. The molecular weight excluding hydrogens is 452 g/mol. The number of aromatic hydroxyl groups is 1. The lowest BCUT2D eigenvalue weighted by molar-refractivity contribution is 0.199. The molecular formula is C25H28N4O4S. The zero-order valence-electron chi connectivity index (χ0n) is 19.8. The average molecular weight is 481 g/mol. The fraction of sp³-hybridized carbons (Fsp3) is 0.320. The Morgan fingerprint density at radius 2 is 1.97 bits per heavy atom. The van der Waals surface area contributed by atoms with E-state index in [-0.39, 0.29) is 17.7 Å². The van der Waals surface area contributed by atoms with Gasteiger partial charge in [-0.2, -0.15) is 4.98 Å². The molecule has 2 amide bonds. The zero-order valence-corrected chi connectivity index (χ0v) is 20.6. The molecule has 0 saturated heterocycles. The van der Waals surface area contributed by atoms with Gasteiger partial charge in [-0.1, -0.05) is 25.1 Å². The number of aromatic nitrogens is 2. The standard InChI is InChI=1S/C25H28N4O4S/c1-14(2)13-29-15(3)21(22(26-25(29)31)17-8-11-20(32-4)19(30)12-17)24-27-23(28-33-24)16-6-9-18(34-5)10-7-16/h6-12,14,22,30H,13H2,1-5H3,(H,26,31). The number of rotatable bonds is 7. The molecule has 0 fully saturated rings. The maximum absolute atomic E-state index is 13.0. The van der Waals surface area contributed by atoms with E-state index in [4.69, 9.17) is 9.26 Å². The zero-order chi connectivity index (χ0) is 24.4. The van der Waals surface area contributed by atoms with Gasteiger partial charge in [0.05, 0.1) is 18.7 Å². The highest BCUT2D eigenvalue weighted by Gasteiger charge is 2.36. The number of carbonyl (C=O) groups is 1. The minimum atomic E-state index is -0.583. The molecule has 1 aliphatic rings. The van der Waals surface area contributed by atoms with Crippen molar-refractivity contribution in [2.45, 2.75) is 31.7 Å². The van der Waals surface area contributed by atoms with Crippen LogP contribution in [-0.4, -0.2) is 46.1 Å². The summed E-state index contributed by atoms with van der Waals surface area (Å²) in [4.78, 5) is 20.5. The van der Waals surface area contributed by atoms with Gasteiger partial charge in [0.25, 0.3) is 5.89 Å². The summed E-state index contributed by atoms with van der Waals surface area (Å²) in [6.07, 6.45) is 2.02. The molecule has 0 saturated carbocycles. The number of hydrogen-bond acceptors (Lipinski definition) is 7. The number of carbonyl (C=O) groups excluding carboxylic acids is 1. The fourth-order valence-corrected chi connectivity index (χ4v) is 4.38. The second kappa shape index (κ2) is 9.80. The van der Waals surface area contributed by atoms with Crippen LogP contribution in [0, 0.1) is 5.92 Å². The number of methoxy groups -OCH3 is 1. The molecule has 0 radical (unpaired) electrons. The van der Waals surface area contributed by atoms with E-state index in [1.807, 2.05) is 37.4 Å². The molecule has 9 heteroatoms. The summed E-state index contributed by atoms with van der Waals surface area (Å²) in [5, 5.41) is 17.6. The average Bonchev–Trinajstić information content (AvgIpc) is 3.31. The molecule has 2 heterocycles. The van der Waals surface area contributed by atoms with Crippen molar-refractivity contribution in [1.82, 2.24) is 20.4 Å². The minimum absolute atomic E-state index is 0.0176. The van der Waals surface area contributed by atoms with E-state index in [1.54, 1.807) is 34.9 Å². The van der Waals surface area contributed by atoms with Crippen molar-refractivity contribution in [1.29, 1.82) is 0 Å². The third kappa shape index (κ3) is 4.61. The molecule has 8 nitrogen and oxygen atoms in total. The predicted molar refractivity (Wildman–Crippen MR) is 132 cm³/mol. The number of phenols is 1. The van der Waals surface area contributed by atoms with Crippen LogP contribution in [0.5, 0.6) is 11.5 Å². The van der Waals surface area contributed by atoms with Crippen molar-refractivity contribution < 1.29 is 19.2 Å². The van der Waals surface area contributed by atoms with E-state index in [0.29, 0.717) is 35.1 Å². The van der Waals surface area contributed by atoms with E-state index >= 15 is 0 Å². The third-order valence-electron chi connectivity index (χ3n) is 5.68. The molecule has 178 valence electrons. The molecule has 3 aromatic rings. The Bertz CT molecular complexity index is 1220. The highest BCUT2D eigenvalue weighted by molar-refractivity contribution is 7.98. The normalized spacial score (nSPS) is 16.2. The number of urea groups is 1. The summed E-state index contributed by atoms with van der Waals surface area (Å²) in [6.45, 7) is 6.52. The van der Waals surface area contributed by atoms with E-state index in [0.717, 1.165) is 16.2 Å². The number of thioether (sulfide) groups is 1. The Balaban J connectivity index is 1.80. The second-order valence-corrected chi connectivity index (χ2v) is 9.35. The largest absolute Gasteiger partial charge is 0.504 e. The van der Waals surface area contributed by atoms with Crippen LogP contribution in [0.15, 0.2) is 57.6 Å². The van der Waals surface area contributed by atoms with Crippen molar-refractivity contribution in [3.8, 4) is 22.9 Å². The van der Waals surface area contributed by atoms with Gasteiger partial charge in [0.15, 0.2) is 11.5 Å². The molecule has 1 aliphatic heterocycles. The summed E-state index contributed by atoms with van der Waals surface area (Å²) >= 11 is 1.66. The number of nitrogens with one attached hydrogen (secondary N) is 1. The maximum Gasteiger partial charge on any atom is 0.322 e. The highest BCUT2D eigenvalue weighted by atomic mass is 32.2. The number of amides is 2. The first-order valence-corrected chi connectivity index (χ1v) is 12.2. The number of allylic oxidation sites excluding steroid dienone is 1. The highest BCUT2D eigenvalue weighted by Crippen LogP contribution is 2.40. The Morgan fingerprint density at radius 1 is 1.24 bits per heavy atom. The Hall–Kier alpha value is -3.46. The third-order valence-corrected chi connectivity index (χ3v) is 6.43. The van der Waals surface area contributed by atoms with Crippen LogP contribution in [0.25, 0.3) is 17.0 Å². The lowest BCUT2D eigenvalue weighted by Gasteiger charge is -2.36. The molecule has 0 spiro atoms. The first kappa shape index (κ1) is 23.7. The lowest BCUT2D eigenvalue weighted by Crippen LogP contribution is -2.47. The van der Waals surface area contributed by atoms with Crippen molar-refractivity contribution in [2.24, 2.45) is 5.92 Å². The van der Waals surface area contributed by atoms with Gasteiger partial charge in [-0.25, -0.2) is 4.79 Å². The van der Waals surface area contributed by atoms with Gasteiger partial charge in [0.2, 0.25) is 5.82 Å². The molecule has 1 aromatic heterocycles. The van der Waals surface area contributed by atoms with E-state index in [1.165, 1.54) is 7.11 Å². The quantitative estimate of drug-likeness (QED) is 0.441. The molecule has 0 bridgehead atoms. The summed E-state index contributed by atoms with van der Waals surface area (Å²) in [7, 11) is 1.49. The van der Waals surface area contributed by atoms with Gasteiger partial charge in [0.1, 0.15) is 0 Å². The summed E-state index contributed by atoms with van der Waals surface area (Å²) in [6, 6.07) is 12.2. The molecule has 2 N–H and O–H groups in total. The number of benzene rings is 2. The van der Waals surface area contributed by atoms with Crippen molar-refractivity contribution in [3.05, 3.63) is 59.6 Å². The summed E-state index contributed by atoms with van der Waals surface area (Å²) in [5.41, 5.74) is 2.92. The minimum Gasteiger partial charge on any atom is -0.504 e. The first-order chi connectivity index (χ1) is 16.3. The second-order valence-electron chi connectivity index (χ2n) is 8.47. The predicted octanol–water partition coefficient (Wildman–Crippen LogP) is 5.33. The van der Waals surface area contributed by atoms with Crippen LogP contribution in [0.2, 0.25) is 0 Å². The van der Waals surface area contributed by atoms with Crippen LogP contribution in [0.1, 0.15) is 38.3 Å². The Morgan fingerprint density at radius 3 is 2.59 bits per heavy atom. The van der Waals surface area contributed by atoms with Crippen LogP contribution in [-0.2, 0) is 0 Å². The summed E-state index contributed by atoms with van der Waals surface area (Å²) in [5.74, 6) is 1.37. The topological polar surface area (TPSA) is 101 Å². The fourth-order valence-electron chi connectivity index (χ4n) is 3.97. The van der Waals surface area contributed by atoms with Gasteiger partial charge in [-0.3, -0.25) is 4.90 Å². The van der Waals surface area contributed by atoms with Crippen molar-refractivity contribution in [2.75, 3.05) is 19.9 Å². The molecule has 4 rings (SSSR count). The van der Waals surface area contributed by atoms with Crippen LogP contribution in [0.3, 0.4) is 0 Å². The Kier molecular flexibility index (Phi) is 6.83. The number of nitrogens with zero attached hydrogens (tertiary/aromatic N) is 3. The van der Waals surface area contributed by atoms with Gasteiger partial charge in [-0.15, -0.1) is 11.8 Å². The Labute approximate surface area is 203 Å². The first-order valence-electron chi connectivity index (χ1n) is 11.0. The van der Waals surface area contributed by atoms with Crippen molar-refractivity contribution in [3.63, 3.8) is 0 Å². The maximum atomic E-state index is 13.0. The molecule has 0 aliphatic carbocycles. The van der Waals surface area contributed by atoms with Crippen molar-refractivity contribution >= 4 is 23.4 Å². The molecule has 34 heavy (non-hydrogen) atoms.